The lowest BCUT2D eigenvalue weighted by molar-refractivity contribution is -0.142. The monoisotopic (exact) mass is 273 g/mol. The molecule has 6 heteroatoms. The minimum absolute atomic E-state index is 0.0141. The van der Waals surface area contributed by atoms with Gasteiger partial charge in [0.25, 0.3) is 0 Å². The predicted molar refractivity (Wildman–Crippen MR) is 63.9 cm³/mol. The molecule has 1 N–H and O–H groups in total. The molecule has 1 aromatic carbocycles. The fourth-order valence-electron chi connectivity index (χ4n) is 2.36. The van der Waals surface area contributed by atoms with Crippen LogP contribution < -0.4 is 4.90 Å². The van der Waals surface area contributed by atoms with E-state index in [1.807, 2.05) is 11.8 Å². The van der Waals surface area contributed by atoms with Crippen LogP contribution in [0.2, 0.25) is 0 Å². The standard InChI is InChI=1S/C13H14F3NO2/c1-8-6-17(7-11(8)12(18)19)10-4-2-9(3-5-10)13(14,15)16/h2-5,8,11H,6-7H2,1H3,(H,18,19)/t8-,11-/m1/s1. The first-order chi connectivity index (χ1) is 8.79. The Morgan fingerprint density at radius 3 is 2.26 bits per heavy atom. The largest absolute Gasteiger partial charge is 0.481 e. The normalized spacial score (nSPS) is 23.7. The van der Waals surface area contributed by atoms with Crippen LogP contribution in [-0.2, 0) is 11.0 Å². The van der Waals surface area contributed by atoms with E-state index in [1.54, 1.807) is 0 Å². The zero-order chi connectivity index (χ0) is 14.2. The molecule has 104 valence electrons. The van der Waals surface area contributed by atoms with Crippen molar-refractivity contribution in [2.24, 2.45) is 11.8 Å². The molecule has 0 radical (unpaired) electrons. The van der Waals surface area contributed by atoms with Gasteiger partial charge in [0.15, 0.2) is 0 Å². The summed E-state index contributed by atoms with van der Waals surface area (Å²) < 4.78 is 37.3. The molecule has 0 unspecified atom stereocenters. The zero-order valence-electron chi connectivity index (χ0n) is 10.3. The quantitative estimate of drug-likeness (QED) is 0.900. The lowest BCUT2D eigenvalue weighted by Crippen LogP contribution is -2.23. The van der Waals surface area contributed by atoms with E-state index in [0.29, 0.717) is 18.8 Å². The SMILES string of the molecule is C[C@@H]1CN(c2ccc(C(F)(F)F)cc2)C[C@H]1C(=O)O. The Hall–Kier alpha value is -1.72. The summed E-state index contributed by atoms with van der Waals surface area (Å²) >= 11 is 0. The van der Waals surface area contributed by atoms with Crippen LogP contribution in [0.25, 0.3) is 0 Å². The Kier molecular flexibility index (Phi) is 3.43. The molecule has 0 bridgehead atoms. The fraction of sp³-hybridized carbons (Fsp3) is 0.462. The number of anilines is 1. The number of carboxylic acids is 1. The second-order valence-corrected chi connectivity index (χ2v) is 4.87. The van der Waals surface area contributed by atoms with Crippen LogP contribution in [-0.4, -0.2) is 24.2 Å². The smallest absolute Gasteiger partial charge is 0.416 e. The fourth-order valence-corrected chi connectivity index (χ4v) is 2.36. The molecule has 3 nitrogen and oxygen atoms in total. The van der Waals surface area contributed by atoms with Crippen molar-refractivity contribution in [1.29, 1.82) is 0 Å². The first-order valence-electron chi connectivity index (χ1n) is 5.94. The van der Waals surface area contributed by atoms with Gasteiger partial charge in [-0.15, -0.1) is 0 Å². The van der Waals surface area contributed by atoms with Crippen LogP contribution in [0.4, 0.5) is 18.9 Å². The number of benzene rings is 1. The number of halogens is 3. The minimum Gasteiger partial charge on any atom is -0.481 e. The third-order valence-electron chi connectivity index (χ3n) is 3.49. The highest BCUT2D eigenvalue weighted by atomic mass is 19.4. The van der Waals surface area contributed by atoms with Crippen molar-refractivity contribution >= 4 is 11.7 Å². The molecule has 1 fully saturated rings. The Balaban J connectivity index is 2.14. The molecule has 19 heavy (non-hydrogen) atoms. The van der Waals surface area contributed by atoms with Crippen molar-refractivity contribution in [2.45, 2.75) is 13.1 Å². The first-order valence-corrected chi connectivity index (χ1v) is 5.94. The van der Waals surface area contributed by atoms with E-state index in [0.717, 1.165) is 12.1 Å². The zero-order valence-corrected chi connectivity index (χ0v) is 10.3. The number of nitrogens with zero attached hydrogens (tertiary/aromatic N) is 1. The predicted octanol–water partition coefficient (Wildman–Crippen LogP) is 2.86. The molecule has 0 aliphatic carbocycles. The van der Waals surface area contributed by atoms with E-state index in [2.05, 4.69) is 0 Å². The van der Waals surface area contributed by atoms with Gasteiger partial charge < -0.3 is 10.0 Å². The third-order valence-corrected chi connectivity index (χ3v) is 3.49. The Bertz CT molecular complexity index is 470. The van der Waals surface area contributed by atoms with Crippen LogP contribution >= 0.6 is 0 Å². The van der Waals surface area contributed by atoms with Crippen molar-refractivity contribution in [3.05, 3.63) is 29.8 Å². The molecular weight excluding hydrogens is 259 g/mol. The second-order valence-electron chi connectivity index (χ2n) is 4.87. The molecule has 1 aliphatic rings. The van der Waals surface area contributed by atoms with Gasteiger partial charge in [0.05, 0.1) is 11.5 Å². The maximum Gasteiger partial charge on any atom is 0.416 e. The highest BCUT2D eigenvalue weighted by molar-refractivity contribution is 5.72. The van der Waals surface area contributed by atoms with Crippen LogP contribution in [0, 0.1) is 11.8 Å². The van der Waals surface area contributed by atoms with Gasteiger partial charge in [-0.3, -0.25) is 4.79 Å². The van der Waals surface area contributed by atoms with Gasteiger partial charge in [-0.1, -0.05) is 6.92 Å². The lowest BCUT2D eigenvalue weighted by atomic mass is 9.99. The topological polar surface area (TPSA) is 40.5 Å². The van der Waals surface area contributed by atoms with Gasteiger partial charge in [0.1, 0.15) is 0 Å². The molecule has 2 rings (SSSR count). The maximum atomic E-state index is 12.4. The molecule has 1 aromatic rings. The summed E-state index contributed by atoms with van der Waals surface area (Å²) in [5.41, 5.74) is -0.0677. The summed E-state index contributed by atoms with van der Waals surface area (Å²) in [6.45, 7) is 2.72. The summed E-state index contributed by atoms with van der Waals surface area (Å²) in [5.74, 6) is -1.34. The van der Waals surface area contributed by atoms with Gasteiger partial charge in [0.2, 0.25) is 0 Å². The van der Waals surface area contributed by atoms with Crippen molar-refractivity contribution in [3.63, 3.8) is 0 Å². The Labute approximate surface area is 108 Å². The lowest BCUT2D eigenvalue weighted by Gasteiger charge is -2.19. The molecule has 0 spiro atoms. The number of hydrogen-bond donors (Lipinski definition) is 1. The van der Waals surface area contributed by atoms with E-state index in [-0.39, 0.29) is 5.92 Å². The summed E-state index contributed by atoms with van der Waals surface area (Å²) in [4.78, 5) is 12.8. The van der Waals surface area contributed by atoms with Gasteiger partial charge in [-0.05, 0) is 30.2 Å². The first kappa shape index (κ1) is 13.7. The van der Waals surface area contributed by atoms with Crippen molar-refractivity contribution in [1.82, 2.24) is 0 Å². The number of hydrogen-bond acceptors (Lipinski definition) is 2. The summed E-state index contributed by atoms with van der Waals surface area (Å²) in [7, 11) is 0. The van der Waals surface area contributed by atoms with Gasteiger partial charge in [-0.2, -0.15) is 13.2 Å². The van der Waals surface area contributed by atoms with Crippen molar-refractivity contribution < 1.29 is 23.1 Å². The number of carbonyl (C=O) groups is 1. The van der Waals surface area contributed by atoms with Gasteiger partial charge in [0, 0.05) is 18.8 Å². The molecule has 1 saturated heterocycles. The van der Waals surface area contributed by atoms with Crippen LogP contribution in [0.15, 0.2) is 24.3 Å². The molecule has 0 saturated carbocycles. The number of rotatable bonds is 2. The number of alkyl halides is 3. The summed E-state index contributed by atoms with van der Waals surface area (Å²) in [6, 6.07) is 4.82. The summed E-state index contributed by atoms with van der Waals surface area (Å²) in [5, 5.41) is 9.02. The van der Waals surface area contributed by atoms with E-state index in [9.17, 15) is 18.0 Å². The highest BCUT2D eigenvalue weighted by Crippen LogP contribution is 2.32. The molecule has 1 heterocycles. The van der Waals surface area contributed by atoms with Crippen molar-refractivity contribution in [2.75, 3.05) is 18.0 Å². The van der Waals surface area contributed by atoms with E-state index in [4.69, 9.17) is 5.11 Å². The molecule has 0 amide bonds. The van der Waals surface area contributed by atoms with Gasteiger partial charge in [-0.25, -0.2) is 0 Å². The maximum absolute atomic E-state index is 12.4. The van der Waals surface area contributed by atoms with Crippen molar-refractivity contribution in [3.8, 4) is 0 Å². The van der Waals surface area contributed by atoms with E-state index < -0.39 is 23.6 Å². The van der Waals surface area contributed by atoms with E-state index >= 15 is 0 Å². The summed E-state index contributed by atoms with van der Waals surface area (Å²) in [6.07, 6.45) is -4.35. The number of carboxylic acid groups (broad SMARTS) is 1. The molecule has 1 aliphatic heterocycles. The molecule has 0 aromatic heterocycles. The Morgan fingerprint density at radius 1 is 1.26 bits per heavy atom. The average molecular weight is 273 g/mol. The molecular formula is C13H14F3NO2. The Morgan fingerprint density at radius 2 is 1.84 bits per heavy atom. The minimum atomic E-state index is -4.35. The molecule has 2 atom stereocenters. The third kappa shape index (κ3) is 2.83. The number of aliphatic carboxylic acids is 1. The van der Waals surface area contributed by atoms with Gasteiger partial charge >= 0.3 is 12.1 Å². The van der Waals surface area contributed by atoms with Crippen LogP contribution in [0.1, 0.15) is 12.5 Å². The van der Waals surface area contributed by atoms with Crippen LogP contribution in [0.5, 0.6) is 0 Å². The van der Waals surface area contributed by atoms with E-state index in [1.165, 1.54) is 12.1 Å². The second kappa shape index (κ2) is 4.75. The van der Waals surface area contributed by atoms with Crippen LogP contribution in [0.3, 0.4) is 0 Å². The average Bonchev–Trinajstić information content (AvgIpc) is 2.70. The highest BCUT2D eigenvalue weighted by Gasteiger charge is 2.35.